The lowest BCUT2D eigenvalue weighted by Gasteiger charge is -2.44. The van der Waals surface area contributed by atoms with Crippen LogP contribution >= 0.6 is 11.6 Å². The van der Waals surface area contributed by atoms with Gasteiger partial charge in [0, 0.05) is 32.2 Å². The number of carbonyl (C=O) groups excluding carboxylic acids is 1. The molecular weight excluding hydrogens is 367 g/mol. The molecule has 0 spiro atoms. The third-order valence-corrected chi connectivity index (χ3v) is 5.73. The predicted octanol–water partition coefficient (Wildman–Crippen LogP) is 4.41. The Morgan fingerprint density at radius 1 is 1.44 bits per heavy atom. The maximum absolute atomic E-state index is 15.1. The minimum Gasteiger partial charge on any atom is -0.385 e. The van der Waals surface area contributed by atoms with E-state index in [1.54, 1.807) is 25.3 Å². The van der Waals surface area contributed by atoms with Gasteiger partial charge in [0.1, 0.15) is 5.82 Å². The highest BCUT2D eigenvalue weighted by atomic mass is 35.5. The van der Waals surface area contributed by atoms with E-state index in [-0.39, 0.29) is 16.8 Å². The Morgan fingerprint density at radius 2 is 2.26 bits per heavy atom. The standard InChI is InChI=1S/C21H32ClFN2O2/c1-3-8-19(26)25-21(12-4-5-14-27-2,16-9-7-13-24-15-16)17-10-6-11-18(22)20(17)23/h6,10-11,16,24H,3-5,7-9,12-15H2,1-2H3,(H,25,26)/t16-,21+/m1/s1. The smallest absolute Gasteiger partial charge is 0.220 e. The normalized spacial score (nSPS) is 19.5. The van der Waals surface area contributed by atoms with E-state index in [4.69, 9.17) is 16.3 Å². The molecule has 1 fully saturated rings. The van der Waals surface area contributed by atoms with E-state index in [1.807, 2.05) is 6.92 Å². The maximum Gasteiger partial charge on any atom is 0.220 e. The van der Waals surface area contributed by atoms with Crippen molar-refractivity contribution in [3.8, 4) is 0 Å². The number of halogens is 2. The third-order valence-electron chi connectivity index (χ3n) is 5.44. The lowest BCUT2D eigenvalue weighted by molar-refractivity contribution is -0.124. The van der Waals surface area contributed by atoms with Crippen LogP contribution in [0.15, 0.2) is 18.2 Å². The van der Waals surface area contributed by atoms with Crippen molar-refractivity contribution in [1.29, 1.82) is 0 Å². The van der Waals surface area contributed by atoms with Gasteiger partial charge in [-0.05, 0) is 57.1 Å². The molecule has 27 heavy (non-hydrogen) atoms. The van der Waals surface area contributed by atoms with Gasteiger partial charge in [0.15, 0.2) is 0 Å². The lowest BCUT2D eigenvalue weighted by Crippen LogP contribution is -2.55. The van der Waals surface area contributed by atoms with Crippen molar-refractivity contribution in [3.05, 3.63) is 34.6 Å². The van der Waals surface area contributed by atoms with Gasteiger partial charge in [-0.1, -0.05) is 30.7 Å². The zero-order valence-electron chi connectivity index (χ0n) is 16.5. The Bertz CT molecular complexity index is 608. The fourth-order valence-corrected chi connectivity index (χ4v) is 4.27. The van der Waals surface area contributed by atoms with Crippen LogP contribution in [-0.4, -0.2) is 32.7 Å². The van der Waals surface area contributed by atoms with Gasteiger partial charge in [-0.15, -0.1) is 0 Å². The van der Waals surface area contributed by atoms with Gasteiger partial charge in [-0.3, -0.25) is 4.79 Å². The molecule has 6 heteroatoms. The van der Waals surface area contributed by atoms with Crippen molar-refractivity contribution in [3.63, 3.8) is 0 Å². The van der Waals surface area contributed by atoms with Crippen LogP contribution < -0.4 is 10.6 Å². The number of rotatable bonds is 10. The molecule has 0 aromatic heterocycles. The summed E-state index contributed by atoms with van der Waals surface area (Å²) in [5, 5.41) is 6.76. The van der Waals surface area contributed by atoms with E-state index >= 15 is 4.39 Å². The largest absolute Gasteiger partial charge is 0.385 e. The topological polar surface area (TPSA) is 50.4 Å². The summed E-state index contributed by atoms with van der Waals surface area (Å²) in [6, 6.07) is 5.11. The minimum atomic E-state index is -0.762. The summed E-state index contributed by atoms with van der Waals surface area (Å²) >= 11 is 6.12. The molecule has 2 atom stereocenters. The summed E-state index contributed by atoms with van der Waals surface area (Å²) in [5.41, 5.74) is -0.256. The molecule has 0 radical (unpaired) electrons. The highest BCUT2D eigenvalue weighted by Gasteiger charge is 2.43. The molecule has 2 rings (SSSR count). The number of piperidine rings is 1. The zero-order valence-corrected chi connectivity index (χ0v) is 17.2. The Labute approximate surface area is 167 Å². The SMILES string of the molecule is CCCC(=O)N[C@](CCCCOC)(c1cccc(Cl)c1F)[C@@H]1CCCNC1. The lowest BCUT2D eigenvalue weighted by atomic mass is 9.71. The second-order valence-electron chi connectivity index (χ2n) is 7.36. The minimum absolute atomic E-state index is 0.0332. The molecule has 0 unspecified atom stereocenters. The first-order valence-electron chi connectivity index (χ1n) is 10.00. The molecule has 152 valence electrons. The van der Waals surface area contributed by atoms with Crippen LogP contribution in [0.25, 0.3) is 0 Å². The Hall–Kier alpha value is -1.17. The van der Waals surface area contributed by atoms with Crippen molar-refractivity contribution < 1.29 is 13.9 Å². The maximum atomic E-state index is 15.1. The molecule has 1 aliphatic rings. The molecule has 4 nitrogen and oxygen atoms in total. The molecule has 1 aromatic rings. The van der Waals surface area contributed by atoms with Crippen LogP contribution in [0, 0.1) is 11.7 Å². The summed E-state index contributed by atoms with van der Waals surface area (Å²) in [6.07, 6.45) is 5.50. The van der Waals surface area contributed by atoms with Crippen LogP contribution in [0.1, 0.15) is 57.4 Å². The number of hydrogen-bond donors (Lipinski definition) is 2. The molecule has 1 amide bonds. The fourth-order valence-electron chi connectivity index (χ4n) is 4.10. The second kappa shape index (κ2) is 11.0. The Morgan fingerprint density at radius 3 is 2.93 bits per heavy atom. The molecule has 0 aliphatic carbocycles. The highest BCUT2D eigenvalue weighted by Crippen LogP contribution is 2.41. The van der Waals surface area contributed by atoms with Crippen molar-refractivity contribution >= 4 is 17.5 Å². The Kier molecular flexibility index (Phi) is 9.00. The predicted molar refractivity (Wildman–Crippen MR) is 107 cm³/mol. The number of benzene rings is 1. The number of amides is 1. The van der Waals surface area contributed by atoms with Crippen molar-refractivity contribution in [2.45, 2.75) is 57.4 Å². The van der Waals surface area contributed by atoms with E-state index in [9.17, 15) is 4.79 Å². The van der Waals surface area contributed by atoms with E-state index < -0.39 is 11.4 Å². The first-order chi connectivity index (χ1) is 13.0. The first kappa shape index (κ1) is 22.1. The molecule has 1 aliphatic heterocycles. The monoisotopic (exact) mass is 398 g/mol. The molecule has 1 aromatic carbocycles. The highest BCUT2D eigenvalue weighted by molar-refractivity contribution is 6.30. The number of unbranched alkanes of at least 4 members (excludes halogenated alkanes) is 1. The van der Waals surface area contributed by atoms with Crippen LogP contribution in [0.2, 0.25) is 5.02 Å². The van der Waals surface area contributed by atoms with Crippen LogP contribution in [-0.2, 0) is 15.1 Å². The van der Waals surface area contributed by atoms with Gasteiger partial charge >= 0.3 is 0 Å². The number of carbonyl (C=O) groups is 1. The fraction of sp³-hybridized carbons (Fsp3) is 0.667. The van der Waals surface area contributed by atoms with Crippen molar-refractivity contribution in [2.24, 2.45) is 5.92 Å². The molecule has 0 bridgehead atoms. The van der Waals surface area contributed by atoms with Gasteiger partial charge in [-0.25, -0.2) is 4.39 Å². The second-order valence-corrected chi connectivity index (χ2v) is 7.77. The van der Waals surface area contributed by atoms with E-state index in [2.05, 4.69) is 10.6 Å². The summed E-state index contributed by atoms with van der Waals surface area (Å²) in [4.78, 5) is 12.6. The molecular formula is C21H32ClFN2O2. The molecule has 2 N–H and O–H groups in total. The van der Waals surface area contributed by atoms with Gasteiger partial charge in [0.2, 0.25) is 5.91 Å². The summed E-state index contributed by atoms with van der Waals surface area (Å²) < 4.78 is 20.3. The zero-order chi connectivity index (χ0) is 19.7. The van der Waals surface area contributed by atoms with Gasteiger partial charge in [0.25, 0.3) is 0 Å². The summed E-state index contributed by atoms with van der Waals surface area (Å²) in [6.45, 7) is 4.34. The van der Waals surface area contributed by atoms with Crippen molar-refractivity contribution in [1.82, 2.24) is 10.6 Å². The van der Waals surface area contributed by atoms with Crippen molar-refractivity contribution in [2.75, 3.05) is 26.8 Å². The molecule has 0 saturated carbocycles. The first-order valence-corrected chi connectivity index (χ1v) is 10.4. The van der Waals surface area contributed by atoms with Gasteiger partial charge in [-0.2, -0.15) is 0 Å². The molecule has 1 heterocycles. The van der Waals surface area contributed by atoms with E-state index in [0.717, 1.165) is 45.2 Å². The number of methoxy groups -OCH3 is 1. The Balaban J connectivity index is 2.45. The summed E-state index contributed by atoms with van der Waals surface area (Å²) in [5.74, 6) is -0.343. The van der Waals surface area contributed by atoms with Crippen LogP contribution in [0.5, 0.6) is 0 Å². The number of ether oxygens (including phenoxy) is 1. The van der Waals surface area contributed by atoms with Crippen LogP contribution in [0.3, 0.4) is 0 Å². The van der Waals surface area contributed by atoms with Crippen LogP contribution in [0.4, 0.5) is 4.39 Å². The average Bonchev–Trinajstić information content (AvgIpc) is 2.67. The quantitative estimate of drug-likeness (QED) is 0.574. The van der Waals surface area contributed by atoms with E-state index in [1.165, 1.54) is 0 Å². The number of nitrogens with one attached hydrogen (secondary N) is 2. The number of hydrogen-bond acceptors (Lipinski definition) is 3. The van der Waals surface area contributed by atoms with Gasteiger partial charge in [0.05, 0.1) is 10.6 Å². The average molecular weight is 399 g/mol. The van der Waals surface area contributed by atoms with E-state index in [0.29, 0.717) is 25.0 Å². The third kappa shape index (κ3) is 5.66. The molecule has 1 saturated heterocycles. The van der Waals surface area contributed by atoms with Gasteiger partial charge < -0.3 is 15.4 Å². The summed E-state index contributed by atoms with van der Waals surface area (Å²) in [7, 11) is 1.68.